The molecule has 1 aromatic carbocycles. The summed E-state index contributed by atoms with van der Waals surface area (Å²) in [6, 6.07) is 9.25. The number of furan rings is 1. The number of nitrogens with zero attached hydrogens (tertiary/aromatic N) is 1. The van der Waals surface area contributed by atoms with E-state index >= 15 is 0 Å². The highest BCUT2D eigenvalue weighted by molar-refractivity contribution is 7.91. The maximum absolute atomic E-state index is 12.4. The first-order chi connectivity index (χ1) is 11.4. The third-order valence-electron chi connectivity index (χ3n) is 4.65. The van der Waals surface area contributed by atoms with Crippen LogP contribution in [0, 0.1) is 0 Å². The predicted octanol–water partition coefficient (Wildman–Crippen LogP) is 2.87. The van der Waals surface area contributed by atoms with E-state index in [4.69, 9.17) is 4.42 Å². The number of benzene rings is 1. The second-order valence-electron chi connectivity index (χ2n) is 6.34. The zero-order chi connectivity index (χ0) is 17.3. The summed E-state index contributed by atoms with van der Waals surface area (Å²) in [4.78, 5) is 13.9. The molecule has 1 heterocycles. The average molecular weight is 347 g/mol. The molecule has 128 valence electrons. The molecular formula is C18H21NO4S. The van der Waals surface area contributed by atoms with Crippen molar-refractivity contribution in [1.29, 1.82) is 0 Å². The van der Waals surface area contributed by atoms with Crippen molar-refractivity contribution in [3.63, 3.8) is 0 Å². The highest BCUT2D eigenvalue weighted by Gasteiger charge is 2.38. The number of carbonyl (C=O) groups excluding carboxylic acids is 1. The molecule has 5 nitrogen and oxygen atoms in total. The van der Waals surface area contributed by atoms with Gasteiger partial charge in [-0.3, -0.25) is 4.79 Å². The molecule has 1 amide bonds. The van der Waals surface area contributed by atoms with Gasteiger partial charge in [-0.15, -0.1) is 0 Å². The molecule has 0 aliphatic heterocycles. The number of hydrogen-bond donors (Lipinski definition) is 0. The van der Waals surface area contributed by atoms with Gasteiger partial charge in [0, 0.05) is 30.8 Å². The Morgan fingerprint density at radius 2 is 2.04 bits per heavy atom. The Hall–Kier alpha value is -2.08. The molecule has 0 unspecified atom stereocenters. The molecule has 0 bridgehead atoms. The maximum atomic E-state index is 12.4. The van der Waals surface area contributed by atoms with Gasteiger partial charge in [0.1, 0.15) is 11.3 Å². The quantitative estimate of drug-likeness (QED) is 0.798. The molecule has 0 saturated heterocycles. The Labute approximate surface area is 141 Å². The smallest absolute Gasteiger partial charge is 0.246 e. The second kappa shape index (κ2) is 6.43. The first-order valence-corrected chi connectivity index (χ1v) is 9.94. The van der Waals surface area contributed by atoms with Crippen molar-refractivity contribution >= 4 is 32.8 Å². The van der Waals surface area contributed by atoms with Crippen LogP contribution in [-0.2, 0) is 14.6 Å². The van der Waals surface area contributed by atoms with Crippen molar-refractivity contribution in [3.05, 3.63) is 42.2 Å². The number of carbonyl (C=O) groups is 1. The highest BCUT2D eigenvalue weighted by atomic mass is 32.2. The molecule has 1 fully saturated rings. The van der Waals surface area contributed by atoms with E-state index in [1.54, 1.807) is 13.1 Å². The number of amides is 1. The zero-order valence-corrected chi connectivity index (χ0v) is 14.6. The number of para-hydroxylation sites is 1. The van der Waals surface area contributed by atoms with Crippen molar-refractivity contribution in [3.8, 4) is 0 Å². The Morgan fingerprint density at radius 3 is 2.75 bits per heavy atom. The van der Waals surface area contributed by atoms with Crippen LogP contribution >= 0.6 is 0 Å². The van der Waals surface area contributed by atoms with Crippen LogP contribution in [0.5, 0.6) is 0 Å². The molecule has 3 rings (SSSR count). The Kier molecular flexibility index (Phi) is 4.49. The molecule has 24 heavy (non-hydrogen) atoms. The van der Waals surface area contributed by atoms with Gasteiger partial charge in [0.2, 0.25) is 5.91 Å². The molecular weight excluding hydrogens is 326 g/mol. The topological polar surface area (TPSA) is 67.6 Å². The molecule has 2 aromatic rings. The van der Waals surface area contributed by atoms with Crippen LogP contribution in [0.2, 0.25) is 0 Å². The van der Waals surface area contributed by atoms with E-state index in [9.17, 15) is 13.2 Å². The molecule has 6 heteroatoms. The lowest BCUT2D eigenvalue weighted by molar-refractivity contribution is -0.126. The lowest BCUT2D eigenvalue weighted by Gasteiger charge is -2.27. The van der Waals surface area contributed by atoms with Crippen LogP contribution in [-0.4, -0.2) is 43.8 Å². The summed E-state index contributed by atoms with van der Waals surface area (Å²) < 4.78 is 29.4. The van der Waals surface area contributed by atoms with E-state index < -0.39 is 15.1 Å². The molecule has 1 saturated carbocycles. The minimum atomic E-state index is -3.15. The van der Waals surface area contributed by atoms with E-state index in [-0.39, 0.29) is 11.9 Å². The van der Waals surface area contributed by atoms with E-state index in [0.29, 0.717) is 12.2 Å². The molecule has 0 N–H and O–H groups in total. The molecule has 1 aromatic heterocycles. The van der Waals surface area contributed by atoms with Crippen LogP contribution in [0.25, 0.3) is 17.0 Å². The Morgan fingerprint density at radius 1 is 1.29 bits per heavy atom. The first kappa shape index (κ1) is 16.8. The number of likely N-dealkylation sites (N-methyl/N-ethyl adjacent to an activating group) is 1. The number of rotatable bonds is 4. The zero-order valence-electron chi connectivity index (χ0n) is 13.8. The highest BCUT2D eigenvalue weighted by Crippen LogP contribution is 2.29. The lowest BCUT2D eigenvalue weighted by Crippen LogP contribution is -2.43. The van der Waals surface area contributed by atoms with Gasteiger partial charge >= 0.3 is 0 Å². The summed E-state index contributed by atoms with van der Waals surface area (Å²) in [6.07, 6.45) is 6.48. The summed E-state index contributed by atoms with van der Waals surface area (Å²) in [7, 11) is -1.49. The van der Waals surface area contributed by atoms with E-state index in [2.05, 4.69) is 0 Å². The molecule has 0 radical (unpaired) electrons. The van der Waals surface area contributed by atoms with Gasteiger partial charge < -0.3 is 9.32 Å². The third kappa shape index (κ3) is 3.38. The van der Waals surface area contributed by atoms with Crippen molar-refractivity contribution in [2.45, 2.75) is 30.6 Å². The fourth-order valence-corrected chi connectivity index (χ4v) is 4.85. The number of sulfone groups is 1. The summed E-state index contributed by atoms with van der Waals surface area (Å²) in [5, 5.41) is 0.511. The van der Waals surface area contributed by atoms with Gasteiger partial charge in [-0.2, -0.15) is 0 Å². The van der Waals surface area contributed by atoms with Crippen molar-refractivity contribution in [2.75, 3.05) is 13.3 Å². The fraction of sp³-hybridized carbons (Fsp3) is 0.389. The SMILES string of the molecule is CN(C(=O)/C=C/c1cc2ccccc2o1)[C@@H]1CCC[C@H]1S(C)(=O)=O. The molecule has 1 aliphatic rings. The molecule has 2 atom stereocenters. The van der Waals surface area contributed by atoms with Crippen molar-refractivity contribution in [1.82, 2.24) is 4.90 Å². The van der Waals surface area contributed by atoms with Crippen molar-refractivity contribution in [2.24, 2.45) is 0 Å². The summed E-state index contributed by atoms with van der Waals surface area (Å²) >= 11 is 0. The minimum Gasteiger partial charge on any atom is -0.457 e. The first-order valence-electron chi connectivity index (χ1n) is 7.98. The van der Waals surface area contributed by atoms with Gasteiger partial charge in [-0.25, -0.2) is 8.42 Å². The van der Waals surface area contributed by atoms with Crippen LogP contribution in [0.1, 0.15) is 25.0 Å². The van der Waals surface area contributed by atoms with Gasteiger partial charge in [-0.1, -0.05) is 18.2 Å². The van der Waals surface area contributed by atoms with E-state index in [0.717, 1.165) is 23.8 Å². The predicted molar refractivity (Wildman–Crippen MR) is 94.3 cm³/mol. The molecule has 1 aliphatic carbocycles. The average Bonchev–Trinajstić information content (AvgIpc) is 3.17. The van der Waals surface area contributed by atoms with Crippen molar-refractivity contribution < 1.29 is 17.6 Å². The van der Waals surface area contributed by atoms with Crippen LogP contribution in [0.4, 0.5) is 0 Å². The van der Waals surface area contributed by atoms with E-state index in [1.807, 2.05) is 30.3 Å². The third-order valence-corrected chi connectivity index (χ3v) is 6.30. The Bertz CT molecular complexity index is 848. The summed E-state index contributed by atoms with van der Waals surface area (Å²) in [6.45, 7) is 0. The van der Waals surface area contributed by atoms with Crippen LogP contribution in [0.15, 0.2) is 40.8 Å². The lowest BCUT2D eigenvalue weighted by atomic mass is 10.2. The number of fused-ring (bicyclic) bond motifs is 1. The maximum Gasteiger partial charge on any atom is 0.246 e. The van der Waals surface area contributed by atoms with Gasteiger partial charge in [0.25, 0.3) is 0 Å². The largest absolute Gasteiger partial charge is 0.457 e. The normalized spacial score (nSPS) is 21.6. The second-order valence-corrected chi connectivity index (χ2v) is 8.60. The summed E-state index contributed by atoms with van der Waals surface area (Å²) in [5.41, 5.74) is 0.769. The fourth-order valence-electron chi connectivity index (χ4n) is 3.37. The Balaban J connectivity index is 1.74. The van der Waals surface area contributed by atoms with E-state index in [1.165, 1.54) is 17.2 Å². The van der Waals surface area contributed by atoms with Gasteiger partial charge in [-0.05, 0) is 37.5 Å². The summed E-state index contributed by atoms with van der Waals surface area (Å²) in [5.74, 6) is 0.389. The van der Waals surface area contributed by atoms with Gasteiger partial charge in [0.15, 0.2) is 9.84 Å². The number of hydrogen-bond acceptors (Lipinski definition) is 4. The van der Waals surface area contributed by atoms with Crippen LogP contribution < -0.4 is 0 Å². The minimum absolute atomic E-state index is 0.212. The standard InChI is InChI=1S/C18H21NO4S/c1-19(15-7-5-9-17(15)24(2,21)22)18(20)11-10-14-12-13-6-3-4-8-16(13)23-14/h3-4,6,8,10-12,15,17H,5,7,9H2,1-2H3/b11-10+/t15-,17-/m1/s1. The van der Waals surface area contributed by atoms with Crippen LogP contribution in [0.3, 0.4) is 0 Å². The molecule has 0 spiro atoms. The monoisotopic (exact) mass is 347 g/mol. The van der Waals surface area contributed by atoms with Gasteiger partial charge in [0.05, 0.1) is 5.25 Å².